The molecule has 0 spiro atoms. The fraction of sp³-hybridized carbons (Fsp3) is 0.176. The van der Waals surface area contributed by atoms with Gasteiger partial charge in [0.2, 0.25) is 5.71 Å². The van der Waals surface area contributed by atoms with Gasteiger partial charge in [0, 0.05) is 22.4 Å². The van der Waals surface area contributed by atoms with Crippen LogP contribution in [0.4, 0.5) is 5.82 Å². The lowest BCUT2D eigenvalue weighted by Crippen LogP contribution is -2.47. The number of rotatable bonds is 1. The first-order valence-corrected chi connectivity index (χ1v) is 7.46. The lowest BCUT2D eigenvalue weighted by molar-refractivity contribution is -0.658. The summed E-state index contributed by atoms with van der Waals surface area (Å²) in [6.45, 7) is 4.42. The molecule has 0 N–H and O–H groups in total. The number of hydrogen-bond acceptors (Lipinski definition) is 3. The Hall–Kier alpha value is -2.56. The molecular weight excluding hydrogens is 273 g/mol. The average Bonchev–Trinajstić information content (AvgIpc) is 2.83. The average molecular weight is 290 g/mol. The highest BCUT2D eigenvalue weighted by Crippen LogP contribution is 2.14. The van der Waals surface area contributed by atoms with Crippen LogP contribution in [0.3, 0.4) is 0 Å². The van der Waals surface area contributed by atoms with Crippen molar-refractivity contribution in [3.63, 3.8) is 0 Å². The Bertz CT molecular complexity index is 993. The van der Waals surface area contributed by atoms with Crippen LogP contribution in [0, 0.1) is 6.92 Å². The molecule has 4 heterocycles. The van der Waals surface area contributed by atoms with Crippen LogP contribution in [0.5, 0.6) is 0 Å². The molecule has 1 aliphatic rings. The zero-order valence-corrected chi connectivity index (χ0v) is 12.9. The van der Waals surface area contributed by atoms with Gasteiger partial charge in [-0.1, -0.05) is 12.0 Å². The maximum absolute atomic E-state index is 5.96. The Balaban J connectivity index is 1.96. The molecule has 1 aliphatic heterocycles. The van der Waals surface area contributed by atoms with Gasteiger partial charge in [-0.3, -0.25) is 4.81 Å². The standard InChI is InChI=1S/C17H17BN3O/c1-12-7-8-13-14-10-18(2)21(11-15(14)22-17(13)19-12)16-6-4-5-9-20(16)3/h4-11H,1-3H3/q+1. The number of anilines is 1. The molecular formula is C17H17BN3O+. The molecule has 0 saturated carbocycles. The van der Waals surface area contributed by atoms with E-state index in [1.165, 1.54) is 0 Å². The second-order valence-electron chi connectivity index (χ2n) is 5.80. The fourth-order valence-electron chi connectivity index (χ4n) is 3.00. The number of hydrogen-bond donors (Lipinski definition) is 0. The first-order valence-electron chi connectivity index (χ1n) is 7.46. The van der Waals surface area contributed by atoms with Crippen molar-refractivity contribution in [3.05, 3.63) is 52.9 Å². The zero-order chi connectivity index (χ0) is 15.3. The summed E-state index contributed by atoms with van der Waals surface area (Å²) in [6.07, 6.45) is 4.13. The summed E-state index contributed by atoms with van der Waals surface area (Å²) in [7, 11) is 2.05. The third kappa shape index (κ3) is 1.93. The lowest BCUT2D eigenvalue weighted by Gasteiger charge is -2.18. The third-order valence-electron chi connectivity index (χ3n) is 4.16. The molecule has 22 heavy (non-hydrogen) atoms. The summed E-state index contributed by atoms with van der Waals surface area (Å²) < 4.78 is 8.07. The zero-order valence-electron chi connectivity index (χ0n) is 12.9. The van der Waals surface area contributed by atoms with E-state index >= 15 is 0 Å². The van der Waals surface area contributed by atoms with E-state index in [4.69, 9.17) is 4.42 Å². The van der Waals surface area contributed by atoms with E-state index in [1.54, 1.807) is 0 Å². The van der Waals surface area contributed by atoms with Crippen molar-refractivity contribution >= 4 is 35.9 Å². The van der Waals surface area contributed by atoms with Crippen LogP contribution in [0.1, 0.15) is 5.69 Å². The van der Waals surface area contributed by atoms with Gasteiger partial charge in [0.25, 0.3) is 5.82 Å². The summed E-state index contributed by atoms with van der Waals surface area (Å²) in [4.78, 5) is 6.71. The Labute approximate surface area is 129 Å². The predicted octanol–water partition coefficient (Wildman–Crippen LogP) is 1.16. The van der Waals surface area contributed by atoms with E-state index < -0.39 is 0 Å². The molecule has 0 bridgehead atoms. The molecule has 0 aromatic carbocycles. The van der Waals surface area contributed by atoms with Crippen molar-refractivity contribution < 1.29 is 8.98 Å². The topological polar surface area (TPSA) is 33.2 Å². The Morgan fingerprint density at radius 3 is 2.91 bits per heavy atom. The summed E-state index contributed by atoms with van der Waals surface area (Å²) in [6, 6.07) is 10.3. The molecule has 0 amide bonds. The van der Waals surface area contributed by atoms with Gasteiger partial charge in [-0.05, 0) is 31.9 Å². The highest BCUT2D eigenvalue weighted by molar-refractivity contribution is 6.77. The second-order valence-corrected chi connectivity index (χ2v) is 5.80. The third-order valence-corrected chi connectivity index (χ3v) is 4.16. The Kier molecular flexibility index (Phi) is 2.82. The molecule has 108 valence electrons. The molecule has 0 saturated heterocycles. The number of fused-ring (bicyclic) bond motifs is 3. The van der Waals surface area contributed by atoms with Gasteiger partial charge in [0.05, 0.1) is 13.2 Å². The number of furan rings is 1. The van der Waals surface area contributed by atoms with Crippen LogP contribution < -0.4 is 20.0 Å². The van der Waals surface area contributed by atoms with Crippen LogP contribution in [-0.4, -0.2) is 11.8 Å². The summed E-state index contributed by atoms with van der Waals surface area (Å²) in [5.74, 6) is 3.37. The molecule has 0 atom stereocenters. The number of nitrogens with zero attached hydrogens (tertiary/aromatic N) is 3. The van der Waals surface area contributed by atoms with E-state index in [0.717, 1.165) is 27.5 Å². The maximum atomic E-state index is 5.96. The van der Waals surface area contributed by atoms with Crippen molar-refractivity contribution in [3.8, 4) is 0 Å². The second kappa shape index (κ2) is 4.73. The predicted molar refractivity (Wildman–Crippen MR) is 88.6 cm³/mol. The van der Waals surface area contributed by atoms with Crippen molar-refractivity contribution in [2.75, 3.05) is 4.81 Å². The van der Waals surface area contributed by atoms with Gasteiger partial charge in [0.1, 0.15) is 6.20 Å². The normalized spacial score (nSPS) is 13.8. The number of aryl methyl sites for hydroxylation is 2. The summed E-state index contributed by atoms with van der Waals surface area (Å²) in [5.41, 5.74) is 2.55. The van der Waals surface area contributed by atoms with Gasteiger partial charge in [-0.2, -0.15) is 0 Å². The van der Waals surface area contributed by atoms with Crippen LogP contribution in [0.25, 0.3) is 23.3 Å². The van der Waals surface area contributed by atoms with Crippen molar-refractivity contribution in [1.82, 2.24) is 4.98 Å². The van der Waals surface area contributed by atoms with E-state index in [-0.39, 0.29) is 6.85 Å². The number of aromatic nitrogens is 2. The molecule has 4 rings (SSSR count). The molecule has 0 fully saturated rings. The Morgan fingerprint density at radius 1 is 1.23 bits per heavy atom. The quantitative estimate of drug-likeness (QED) is 0.498. The smallest absolute Gasteiger partial charge is 0.402 e. The molecule has 3 aromatic heterocycles. The van der Waals surface area contributed by atoms with Gasteiger partial charge < -0.3 is 4.42 Å². The Morgan fingerprint density at radius 2 is 2.09 bits per heavy atom. The highest BCUT2D eigenvalue weighted by atomic mass is 16.3. The molecule has 3 aromatic rings. The molecule has 0 aliphatic carbocycles. The number of pyridine rings is 2. The van der Waals surface area contributed by atoms with Crippen molar-refractivity contribution in [2.24, 2.45) is 7.05 Å². The highest BCUT2D eigenvalue weighted by Gasteiger charge is 2.29. The summed E-state index contributed by atoms with van der Waals surface area (Å²) in [5, 5.41) is 2.23. The minimum absolute atomic E-state index is 0.253. The molecule has 0 unspecified atom stereocenters. The van der Waals surface area contributed by atoms with Gasteiger partial charge in [-0.15, -0.1) is 0 Å². The lowest BCUT2D eigenvalue weighted by atomic mass is 9.61. The van der Waals surface area contributed by atoms with E-state index in [0.29, 0.717) is 5.71 Å². The van der Waals surface area contributed by atoms with Gasteiger partial charge >= 0.3 is 6.85 Å². The monoisotopic (exact) mass is 290 g/mol. The van der Waals surface area contributed by atoms with E-state index in [9.17, 15) is 0 Å². The minimum atomic E-state index is 0.253. The molecule has 0 radical (unpaired) electrons. The molecule has 4 nitrogen and oxygen atoms in total. The molecule has 5 heteroatoms. The minimum Gasteiger partial charge on any atom is -0.434 e. The van der Waals surface area contributed by atoms with E-state index in [1.807, 2.05) is 19.1 Å². The van der Waals surface area contributed by atoms with Gasteiger partial charge in [-0.25, -0.2) is 9.55 Å². The first-order chi connectivity index (χ1) is 10.6. The largest absolute Gasteiger partial charge is 0.434 e. The van der Waals surface area contributed by atoms with E-state index in [2.05, 4.69) is 64.8 Å². The van der Waals surface area contributed by atoms with Crippen LogP contribution in [-0.2, 0) is 7.05 Å². The fourth-order valence-corrected chi connectivity index (χ4v) is 3.00. The SMILES string of the molecule is CB1C=c2c(oc3nc(C)ccc23)=CN1c1cccc[n+]1C. The van der Waals surface area contributed by atoms with Gasteiger partial charge in [0.15, 0.2) is 5.42 Å². The first kappa shape index (κ1) is 13.1. The summed E-state index contributed by atoms with van der Waals surface area (Å²) >= 11 is 0. The van der Waals surface area contributed by atoms with Crippen LogP contribution in [0.2, 0.25) is 6.82 Å². The maximum Gasteiger partial charge on any atom is 0.402 e. The van der Waals surface area contributed by atoms with Crippen LogP contribution in [0.15, 0.2) is 40.9 Å². The van der Waals surface area contributed by atoms with Crippen molar-refractivity contribution in [1.29, 1.82) is 0 Å². The van der Waals surface area contributed by atoms with Crippen LogP contribution >= 0.6 is 0 Å². The van der Waals surface area contributed by atoms with Crippen molar-refractivity contribution in [2.45, 2.75) is 13.7 Å².